The molecule has 0 aliphatic rings. The predicted molar refractivity (Wildman–Crippen MR) is 77.6 cm³/mol. The molecule has 0 saturated heterocycles. The first kappa shape index (κ1) is 15.0. The highest BCUT2D eigenvalue weighted by Crippen LogP contribution is 2.09. The van der Waals surface area contributed by atoms with E-state index in [-0.39, 0.29) is 0 Å². The Morgan fingerprint density at radius 3 is 2.89 bits per heavy atom. The topological polar surface area (TPSA) is 51.4 Å². The molecule has 0 fully saturated rings. The fourth-order valence-electron chi connectivity index (χ4n) is 1.72. The highest BCUT2D eigenvalue weighted by molar-refractivity contribution is 7.80. The summed E-state index contributed by atoms with van der Waals surface area (Å²) in [6.45, 7) is 8.28. The van der Waals surface area contributed by atoms with Gasteiger partial charge in [-0.25, -0.2) is 0 Å². The van der Waals surface area contributed by atoms with Crippen molar-refractivity contribution < 1.29 is 4.74 Å². The standard InChI is InChI=1S/C13H21N3OS/c1-3-16(8-9-17-4-2)10-11-6-5-7-15-12(11)13(14)18/h5-7H,3-4,8-10H2,1-2H3,(H2,14,18). The maximum atomic E-state index is 5.68. The molecule has 2 N–H and O–H groups in total. The lowest BCUT2D eigenvalue weighted by Gasteiger charge is -2.21. The molecule has 0 unspecified atom stereocenters. The maximum Gasteiger partial charge on any atom is 0.123 e. The summed E-state index contributed by atoms with van der Waals surface area (Å²) in [4.78, 5) is 6.88. The third-order valence-electron chi connectivity index (χ3n) is 2.72. The Labute approximate surface area is 114 Å². The second-order valence-electron chi connectivity index (χ2n) is 3.94. The molecular formula is C13H21N3OS. The second-order valence-corrected chi connectivity index (χ2v) is 4.38. The molecule has 0 aliphatic carbocycles. The van der Waals surface area contributed by atoms with Crippen LogP contribution < -0.4 is 5.73 Å². The number of hydrogen-bond donors (Lipinski definition) is 1. The summed E-state index contributed by atoms with van der Waals surface area (Å²) in [5.41, 5.74) is 7.48. The first-order chi connectivity index (χ1) is 8.69. The van der Waals surface area contributed by atoms with Crippen molar-refractivity contribution in [3.05, 3.63) is 29.6 Å². The summed E-state index contributed by atoms with van der Waals surface area (Å²) < 4.78 is 5.37. The van der Waals surface area contributed by atoms with E-state index in [0.29, 0.717) is 4.99 Å². The van der Waals surface area contributed by atoms with Crippen molar-refractivity contribution in [3.63, 3.8) is 0 Å². The quantitative estimate of drug-likeness (QED) is 0.572. The lowest BCUT2D eigenvalue weighted by Crippen LogP contribution is -2.28. The second kappa shape index (κ2) is 8.13. The Morgan fingerprint density at radius 1 is 1.50 bits per heavy atom. The van der Waals surface area contributed by atoms with Crippen LogP contribution in [0.1, 0.15) is 25.1 Å². The molecule has 4 nitrogen and oxygen atoms in total. The van der Waals surface area contributed by atoms with E-state index < -0.39 is 0 Å². The monoisotopic (exact) mass is 267 g/mol. The fourth-order valence-corrected chi connectivity index (χ4v) is 1.90. The number of nitrogens with two attached hydrogens (primary N) is 1. The van der Waals surface area contributed by atoms with Crippen molar-refractivity contribution in [2.75, 3.05) is 26.3 Å². The third-order valence-corrected chi connectivity index (χ3v) is 2.92. The number of pyridine rings is 1. The van der Waals surface area contributed by atoms with Crippen LogP contribution in [0.3, 0.4) is 0 Å². The minimum atomic E-state index is 0.353. The molecule has 1 aromatic heterocycles. The van der Waals surface area contributed by atoms with E-state index in [1.807, 2.05) is 19.1 Å². The first-order valence-electron chi connectivity index (χ1n) is 6.22. The van der Waals surface area contributed by atoms with Crippen LogP contribution in [0, 0.1) is 0 Å². The van der Waals surface area contributed by atoms with E-state index >= 15 is 0 Å². The molecule has 0 bridgehead atoms. The number of hydrogen-bond acceptors (Lipinski definition) is 4. The predicted octanol–water partition coefficient (Wildman–Crippen LogP) is 1.57. The first-order valence-corrected chi connectivity index (χ1v) is 6.63. The van der Waals surface area contributed by atoms with Gasteiger partial charge in [0.15, 0.2) is 0 Å². The van der Waals surface area contributed by atoms with Gasteiger partial charge in [-0.15, -0.1) is 0 Å². The van der Waals surface area contributed by atoms with Crippen molar-refractivity contribution >= 4 is 17.2 Å². The molecule has 1 heterocycles. The number of ether oxygens (including phenoxy) is 1. The zero-order valence-corrected chi connectivity index (χ0v) is 11.9. The Balaban J connectivity index is 2.66. The van der Waals surface area contributed by atoms with Crippen LogP contribution in [0.5, 0.6) is 0 Å². The fraction of sp³-hybridized carbons (Fsp3) is 0.538. The highest BCUT2D eigenvalue weighted by atomic mass is 32.1. The van der Waals surface area contributed by atoms with Crippen molar-refractivity contribution in [2.24, 2.45) is 5.73 Å². The van der Waals surface area contributed by atoms with Crippen LogP contribution in [0.4, 0.5) is 0 Å². The van der Waals surface area contributed by atoms with Crippen molar-refractivity contribution in [2.45, 2.75) is 20.4 Å². The smallest absolute Gasteiger partial charge is 0.123 e. The van der Waals surface area contributed by atoms with Gasteiger partial charge in [-0.2, -0.15) is 0 Å². The zero-order chi connectivity index (χ0) is 13.4. The van der Waals surface area contributed by atoms with E-state index in [0.717, 1.165) is 44.1 Å². The number of nitrogens with zero attached hydrogens (tertiary/aromatic N) is 2. The SMILES string of the molecule is CCOCCN(CC)Cc1cccnc1C(N)=S. The largest absolute Gasteiger partial charge is 0.388 e. The number of rotatable bonds is 8. The molecule has 1 rings (SSSR count). The van der Waals surface area contributed by atoms with Crippen LogP contribution in [0.15, 0.2) is 18.3 Å². The van der Waals surface area contributed by atoms with E-state index in [9.17, 15) is 0 Å². The van der Waals surface area contributed by atoms with Gasteiger partial charge in [0.2, 0.25) is 0 Å². The molecule has 0 atom stereocenters. The maximum absolute atomic E-state index is 5.68. The molecule has 0 spiro atoms. The van der Waals surface area contributed by atoms with E-state index in [2.05, 4.69) is 16.8 Å². The summed E-state index contributed by atoms with van der Waals surface area (Å²) in [6, 6.07) is 3.93. The molecule has 5 heteroatoms. The van der Waals surface area contributed by atoms with Gasteiger partial charge in [0.05, 0.1) is 6.61 Å². The molecule has 100 valence electrons. The minimum absolute atomic E-state index is 0.353. The van der Waals surface area contributed by atoms with Crippen LogP contribution in [0.25, 0.3) is 0 Å². The molecule has 1 aromatic rings. The molecular weight excluding hydrogens is 246 g/mol. The Bertz CT molecular complexity index is 384. The lowest BCUT2D eigenvalue weighted by molar-refractivity contribution is 0.113. The van der Waals surface area contributed by atoms with Crippen molar-refractivity contribution in [3.8, 4) is 0 Å². The van der Waals surface area contributed by atoms with Gasteiger partial charge >= 0.3 is 0 Å². The van der Waals surface area contributed by atoms with Gasteiger partial charge < -0.3 is 10.5 Å². The van der Waals surface area contributed by atoms with Crippen LogP contribution in [0.2, 0.25) is 0 Å². The highest BCUT2D eigenvalue weighted by Gasteiger charge is 2.10. The molecule has 0 aromatic carbocycles. The summed E-state index contributed by atoms with van der Waals surface area (Å²) in [5.74, 6) is 0. The van der Waals surface area contributed by atoms with Gasteiger partial charge in [-0.3, -0.25) is 9.88 Å². The van der Waals surface area contributed by atoms with E-state index in [1.165, 1.54) is 0 Å². The molecule has 18 heavy (non-hydrogen) atoms. The van der Waals surface area contributed by atoms with Crippen LogP contribution in [-0.4, -0.2) is 41.2 Å². The molecule has 0 radical (unpaired) electrons. The van der Waals surface area contributed by atoms with Gasteiger partial charge in [0.1, 0.15) is 10.7 Å². The van der Waals surface area contributed by atoms with E-state index in [4.69, 9.17) is 22.7 Å². The van der Waals surface area contributed by atoms with Gasteiger partial charge in [-0.1, -0.05) is 25.2 Å². The average Bonchev–Trinajstić information content (AvgIpc) is 2.38. The average molecular weight is 267 g/mol. The Morgan fingerprint density at radius 2 is 2.28 bits per heavy atom. The zero-order valence-electron chi connectivity index (χ0n) is 11.1. The van der Waals surface area contributed by atoms with Gasteiger partial charge in [-0.05, 0) is 25.1 Å². The molecule has 0 saturated carbocycles. The number of likely N-dealkylation sites (N-methyl/N-ethyl adjacent to an activating group) is 1. The summed E-state index contributed by atoms with van der Waals surface area (Å²) in [6.07, 6.45) is 1.72. The number of thiocarbonyl (C=S) groups is 1. The molecule has 0 amide bonds. The normalized spacial score (nSPS) is 10.8. The molecule has 0 aliphatic heterocycles. The summed E-state index contributed by atoms with van der Waals surface area (Å²) in [5, 5.41) is 0. The third kappa shape index (κ3) is 4.68. The summed E-state index contributed by atoms with van der Waals surface area (Å²) in [7, 11) is 0. The Hall–Kier alpha value is -1.04. The van der Waals surface area contributed by atoms with Crippen molar-refractivity contribution in [1.29, 1.82) is 0 Å². The number of aromatic nitrogens is 1. The lowest BCUT2D eigenvalue weighted by atomic mass is 10.2. The van der Waals surface area contributed by atoms with Crippen molar-refractivity contribution in [1.82, 2.24) is 9.88 Å². The summed E-state index contributed by atoms with van der Waals surface area (Å²) >= 11 is 5.02. The van der Waals surface area contributed by atoms with Crippen LogP contribution >= 0.6 is 12.2 Å². The Kier molecular flexibility index (Phi) is 6.78. The van der Waals surface area contributed by atoms with Crippen LogP contribution in [-0.2, 0) is 11.3 Å². The van der Waals surface area contributed by atoms with E-state index in [1.54, 1.807) is 6.20 Å². The van der Waals surface area contributed by atoms with Gasteiger partial charge in [0, 0.05) is 25.9 Å². The van der Waals surface area contributed by atoms with Gasteiger partial charge in [0.25, 0.3) is 0 Å². The minimum Gasteiger partial charge on any atom is -0.388 e.